The van der Waals surface area contributed by atoms with Crippen molar-refractivity contribution in [1.82, 2.24) is 10.3 Å². The number of ether oxygens (including phenoxy) is 1. The van der Waals surface area contributed by atoms with Crippen LogP contribution in [0.3, 0.4) is 0 Å². The van der Waals surface area contributed by atoms with Gasteiger partial charge in [-0.05, 0) is 35.1 Å². The SMILES string of the molecule is COCCNC(=O)c1cc(C(=O)Nc2c(C(C)C)cccc2C(C)C)ccn1. The number of anilines is 1. The van der Waals surface area contributed by atoms with Crippen molar-refractivity contribution in [3.63, 3.8) is 0 Å². The Morgan fingerprint density at radius 3 is 2.25 bits per heavy atom. The average molecular weight is 383 g/mol. The Morgan fingerprint density at radius 2 is 1.68 bits per heavy atom. The van der Waals surface area contributed by atoms with Gasteiger partial charge in [-0.2, -0.15) is 0 Å². The second-order valence-corrected chi connectivity index (χ2v) is 7.25. The van der Waals surface area contributed by atoms with Crippen LogP contribution in [0.2, 0.25) is 0 Å². The largest absolute Gasteiger partial charge is 0.383 e. The summed E-state index contributed by atoms with van der Waals surface area (Å²) in [6.07, 6.45) is 1.47. The summed E-state index contributed by atoms with van der Waals surface area (Å²) in [7, 11) is 1.57. The monoisotopic (exact) mass is 383 g/mol. The predicted molar refractivity (Wildman–Crippen MR) is 111 cm³/mol. The second-order valence-electron chi connectivity index (χ2n) is 7.25. The molecule has 0 bridgehead atoms. The number of carbonyl (C=O) groups excluding carboxylic acids is 2. The number of benzene rings is 1. The lowest BCUT2D eigenvalue weighted by atomic mass is 9.92. The lowest BCUT2D eigenvalue weighted by molar-refractivity contribution is 0.0932. The summed E-state index contributed by atoms with van der Waals surface area (Å²) < 4.78 is 4.92. The van der Waals surface area contributed by atoms with E-state index < -0.39 is 0 Å². The summed E-state index contributed by atoms with van der Waals surface area (Å²) >= 11 is 0. The van der Waals surface area contributed by atoms with Gasteiger partial charge in [0.25, 0.3) is 11.8 Å². The van der Waals surface area contributed by atoms with E-state index in [1.54, 1.807) is 13.2 Å². The van der Waals surface area contributed by atoms with E-state index in [4.69, 9.17) is 4.74 Å². The number of amides is 2. The van der Waals surface area contributed by atoms with Gasteiger partial charge in [0, 0.05) is 31.1 Å². The highest BCUT2D eigenvalue weighted by Gasteiger charge is 2.18. The Morgan fingerprint density at radius 1 is 1.04 bits per heavy atom. The van der Waals surface area contributed by atoms with Crippen LogP contribution in [0.15, 0.2) is 36.5 Å². The van der Waals surface area contributed by atoms with Gasteiger partial charge in [-0.1, -0.05) is 45.9 Å². The zero-order valence-corrected chi connectivity index (χ0v) is 17.2. The first kappa shape index (κ1) is 21.6. The number of pyridine rings is 1. The van der Waals surface area contributed by atoms with E-state index in [1.165, 1.54) is 12.3 Å². The van der Waals surface area contributed by atoms with E-state index in [1.807, 2.05) is 18.2 Å². The third-order valence-electron chi connectivity index (χ3n) is 4.46. The molecule has 0 saturated heterocycles. The molecule has 2 N–H and O–H groups in total. The van der Waals surface area contributed by atoms with Crippen molar-refractivity contribution in [1.29, 1.82) is 0 Å². The van der Waals surface area contributed by atoms with Gasteiger partial charge in [0.15, 0.2) is 0 Å². The summed E-state index contributed by atoms with van der Waals surface area (Å²) in [5.41, 5.74) is 3.61. The number of carbonyl (C=O) groups is 2. The maximum absolute atomic E-state index is 12.9. The number of methoxy groups -OCH3 is 1. The first-order valence-electron chi connectivity index (χ1n) is 9.52. The van der Waals surface area contributed by atoms with E-state index in [9.17, 15) is 9.59 Å². The molecule has 0 aliphatic rings. The molecule has 0 radical (unpaired) electrons. The molecular formula is C22H29N3O3. The number of aromatic nitrogens is 1. The molecule has 28 heavy (non-hydrogen) atoms. The third kappa shape index (κ3) is 5.39. The van der Waals surface area contributed by atoms with E-state index >= 15 is 0 Å². The number of hydrogen-bond donors (Lipinski definition) is 2. The van der Waals surface area contributed by atoms with E-state index in [-0.39, 0.29) is 29.3 Å². The molecule has 0 fully saturated rings. The lowest BCUT2D eigenvalue weighted by Gasteiger charge is -2.20. The number of nitrogens with one attached hydrogen (secondary N) is 2. The molecule has 0 spiro atoms. The topological polar surface area (TPSA) is 80.3 Å². The van der Waals surface area contributed by atoms with E-state index in [2.05, 4.69) is 43.3 Å². The average Bonchev–Trinajstić information content (AvgIpc) is 2.67. The van der Waals surface area contributed by atoms with Crippen LogP contribution in [0.4, 0.5) is 5.69 Å². The molecule has 0 aliphatic heterocycles. The molecule has 6 heteroatoms. The highest BCUT2D eigenvalue weighted by molar-refractivity contribution is 6.06. The number of rotatable bonds is 8. The van der Waals surface area contributed by atoms with Gasteiger partial charge in [0.2, 0.25) is 0 Å². The summed E-state index contributed by atoms with van der Waals surface area (Å²) in [6.45, 7) is 9.20. The van der Waals surface area contributed by atoms with Crippen molar-refractivity contribution in [2.24, 2.45) is 0 Å². The first-order chi connectivity index (χ1) is 13.3. The van der Waals surface area contributed by atoms with Gasteiger partial charge in [-0.15, -0.1) is 0 Å². The van der Waals surface area contributed by atoms with Gasteiger partial charge in [0.1, 0.15) is 5.69 Å². The van der Waals surface area contributed by atoms with Gasteiger partial charge in [-0.3, -0.25) is 14.6 Å². The van der Waals surface area contributed by atoms with Crippen LogP contribution in [0.25, 0.3) is 0 Å². The molecular weight excluding hydrogens is 354 g/mol. The minimum Gasteiger partial charge on any atom is -0.383 e. The molecule has 1 aromatic carbocycles. The van der Waals surface area contributed by atoms with Crippen LogP contribution < -0.4 is 10.6 Å². The summed E-state index contributed by atoms with van der Waals surface area (Å²) in [5.74, 6) is -0.0531. The Kier molecular flexibility index (Phi) is 7.70. The van der Waals surface area contributed by atoms with E-state index in [0.29, 0.717) is 18.7 Å². The smallest absolute Gasteiger partial charge is 0.269 e. The molecule has 0 saturated carbocycles. The third-order valence-corrected chi connectivity index (χ3v) is 4.46. The van der Waals surface area contributed by atoms with Crippen LogP contribution in [-0.4, -0.2) is 37.1 Å². The first-order valence-corrected chi connectivity index (χ1v) is 9.52. The zero-order valence-electron chi connectivity index (χ0n) is 17.2. The molecule has 2 amide bonds. The maximum Gasteiger partial charge on any atom is 0.269 e. The Hall–Kier alpha value is -2.73. The normalized spacial score (nSPS) is 11.0. The lowest BCUT2D eigenvalue weighted by Crippen LogP contribution is -2.28. The molecule has 0 atom stereocenters. The summed E-state index contributed by atoms with van der Waals surface area (Å²) in [5, 5.41) is 5.76. The summed E-state index contributed by atoms with van der Waals surface area (Å²) in [6, 6.07) is 9.20. The van der Waals surface area contributed by atoms with Crippen molar-refractivity contribution < 1.29 is 14.3 Å². The molecule has 2 aromatic rings. The number of hydrogen-bond acceptors (Lipinski definition) is 4. The second kappa shape index (κ2) is 9.99. The minimum atomic E-state index is -0.336. The minimum absolute atomic E-state index is 0.199. The van der Waals surface area contributed by atoms with Crippen molar-refractivity contribution in [2.45, 2.75) is 39.5 Å². The molecule has 0 aliphatic carbocycles. The summed E-state index contributed by atoms with van der Waals surface area (Å²) in [4.78, 5) is 29.2. The van der Waals surface area contributed by atoms with Crippen LogP contribution in [0.1, 0.15) is 71.5 Å². The molecule has 1 heterocycles. The van der Waals surface area contributed by atoms with Crippen LogP contribution >= 0.6 is 0 Å². The fourth-order valence-corrected chi connectivity index (χ4v) is 2.93. The zero-order chi connectivity index (χ0) is 20.7. The standard InChI is InChI=1S/C22H29N3O3/c1-14(2)17-7-6-8-18(15(3)4)20(17)25-21(26)16-9-10-23-19(13-16)22(27)24-11-12-28-5/h6-10,13-15H,11-12H2,1-5H3,(H,24,27)(H,25,26). The number of nitrogens with zero attached hydrogens (tertiary/aromatic N) is 1. The van der Waals surface area contributed by atoms with Gasteiger partial charge >= 0.3 is 0 Å². The van der Waals surface area contributed by atoms with Gasteiger partial charge in [0.05, 0.1) is 6.61 Å². The van der Waals surface area contributed by atoms with Gasteiger partial charge in [-0.25, -0.2) is 0 Å². The molecule has 1 aromatic heterocycles. The molecule has 2 rings (SSSR count). The fraction of sp³-hybridized carbons (Fsp3) is 0.409. The molecule has 6 nitrogen and oxygen atoms in total. The van der Waals surface area contributed by atoms with Crippen molar-refractivity contribution in [3.8, 4) is 0 Å². The maximum atomic E-state index is 12.9. The van der Waals surface area contributed by atoms with Crippen LogP contribution in [0.5, 0.6) is 0 Å². The highest BCUT2D eigenvalue weighted by Crippen LogP contribution is 2.32. The molecule has 150 valence electrons. The van der Waals surface area contributed by atoms with Crippen LogP contribution in [-0.2, 0) is 4.74 Å². The number of para-hydroxylation sites is 1. The predicted octanol–water partition coefficient (Wildman–Crippen LogP) is 3.96. The quantitative estimate of drug-likeness (QED) is 0.676. The molecule has 0 unspecified atom stereocenters. The Labute approximate surface area is 166 Å². The Bertz CT molecular complexity index is 805. The fourth-order valence-electron chi connectivity index (χ4n) is 2.93. The van der Waals surface area contributed by atoms with Crippen molar-refractivity contribution >= 4 is 17.5 Å². The Balaban J connectivity index is 2.27. The van der Waals surface area contributed by atoms with E-state index in [0.717, 1.165) is 16.8 Å². The van der Waals surface area contributed by atoms with Crippen molar-refractivity contribution in [3.05, 3.63) is 58.9 Å². The van der Waals surface area contributed by atoms with Crippen LogP contribution in [0, 0.1) is 0 Å². The highest BCUT2D eigenvalue weighted by atomic mass is 16.5. The van der Waals surface area contributed by atoms with Gasteiger partial charge < -0.3 is 15.4 Å². The van der Waals surface area contributed by atoms with Crippen molar-refractivity contribution in [2.75, 3.05) is 25.6 Å².